The minimum absolute atomic E-state index is 0.00191. The fourth-order valence-electron chi connectivity index (χ4n) is 5.55. The monoisotopic (exact) mass is 812 g/mol. The largest absolute Gasteiger partial charge is 0.478 e. The van der Waals surface area contributed by atoms with Gasteiger partial charge in [0.25, 0.3) is 20.0 Å². The molecule has 0 aliphatic heterocycles. The number of thiophene rings is 1. The molecule has 288 valence electrons. The number of rotatable bonds is 15. The van der Waals surface area contributed by atoms with Crippen LogP contribution in [0.5, 0.6) is 0 Å². The number of benzene rings is 5. The molecule has 0 spiro atoms. The average Bonchev–Trinajstić information content (AvgIpc) is 3.74. The van der Waals surface area contributed by atoms with Gasteiger partial charge in [-0.2, -0.15) is 0 Å². The second-order valence-corrected chi connectivity index (χ2v) is 16.8. The van der Waals surface area contributed by atoms with Crippen molar-refractivity contribution in [2.75, 3.05) is 9.44 Å². The number of hydrogen-bond acceptors (Lipinski definition) is 8. The molecule has 0 bridgehead atoms. The highest BCUT2D eigenvalue weighted by molar-refractivity contribution is 7.94. The number of nitrogens with one attached hydrogen (secondary N) is 2. The van der Waals surface area contributed by atoms with Crippen molar-refractivity contribution < 1.29 is 46.5 Å². The lowest BCUT2D eigenvalue weighted by atomic mass is 10.0. The van der Waals surface area contributed by atoms with Crippen LogP contribution >= 0.6 is 11.3 Å². The summed E-state index contributed by atoms with van der Waals surface area (Å²) in [6.45, 7) is 0. The maximum Gasteiger partial charge on any atom is 0.335 e. The van der Waals surface area contributed by atoms with E-state index in [0.717, 1.165) is 33.6 Å². The van der Waals surface area contributed by atoms with Gasteiger partial charge in [0.2, 0.25) is 0 Å². The van der Waals surface area contributed by atoms with Gasteiger partial charge in [-0.15, -0.1) is 11.3 Å². The Balaban J connectivity index is 0.000000216. The molecule has 0 fully saturated rings. The van der Waals surface area contributed by atoms with E-state index in [9.17, 15) is 31.2 Å². The Morgan fingerprint density at radius 1 is 0.482 bits per heavy atom. The molecule has 5 N–H and O–H groups in total. The summed E-state index contributed by atoms with van der Waals surface area (Å²) in [5.74, 6) is -3.10. The zero-order valence-electron chi connectivity index (χ0n) is 29.5. The van der Waals surface area contributed by atoms with Gasteiger partial charge in [-0.25, -0.2) is 31.2 Å². The standard InChI is InChI=1S/C22H19NO6S.C19H17NO4S2/c24-21(25)17-10-12-19(13-11-17)30(28,29)23-20-7-2-1-5-16(20)9-8-15-4-3-6-18(14-15)22(26)27;21-19(22)16-7-3-5-14(13-16)10-11-15-6-1-2-8-17(15)20-26(23,24)18-9-4-12-25-18/h1-7,10-14,23H,8-9H2,(H,24,25)(H,26,27);1-9,12-13,20H,10-11H2,(H,21,22). The van der Waals surface area contributed by atoms with Crippen molar-refractivity contribution in [3.63, 3.8) is 0 Å². The molecule has 56 heavy (non-hydrogen) atoms. The van der Waals surface area contributed by atoms with E-state index in [0.29, 0.717) is 37.1 Å². The lowest BCUT2D eigenvalue weighted by Gasteiger charge is -2.13. The summed E-state index contributed by atoms with van der Waals surface area (Å²) in [7, 11) is -7.50. The van der Waals surface area contributed by atoms with Gasteiger partial charge in [0, 0.05) is 0 Å². The normalized spacial score (nSPS) is 11.1. The molecule has 0 atom stereocenters. The second kappa shape index (κ2) is 18.4. The minimum Gasteiger partial charge on any atom is -0.478 e. The number of carbonyl (C=O) groups is 3. The van der Waals surface area contributed by atoms with Crippen LogP contribution in [-0.2, 0) is 45.7 Å². The summed E-state index contributed by atoms with van der Waals surface area (Å²) in [5.41, 5.74) is 4.72. The third-order valence-corrected chi connectivity index (χ3v) is 12.6. The van der Waals surface area contributed by atoms with E-state index in [-0.39, 0.29) is 25.8 Å². The van der Waals surface area contributed by atoms with Crippen LogP contribution in [-0.4, -0.2) is 50.1 Å². The van der Waals surface area contributed by atoms with Crippen LogP contribution < -0.4 is 9.44 Å². The molecule has 0 aliphatic rings. The Kier molecular flexibility index (Phi) is 13.4. The Morgan fingerprint density at radius 3 is 1.39 bits per heavy atom. The van der Waals surface area contributed by atoms with Crippen molar-refractivity contribution in [1.29, 1.82) is 0 Å². The van der Waals surface area contributed by atoms with E-state index in [1.807, 2.05) is 24.3 Å². The van der Waals surface area contributed by atoms with Crippen LogP contribution in [0.25, 0.3) is 0 Å². The molecule has 12 nitrogen and oxygen atoms in total. The summed E-state index contributed by atoms with van der Waals surface area (Å²) in [5, 5.41) is 28.9. The molecule has 0 unspecified atom stereocenters. The molecule has 1 heterocycles. The Bertz CT molecular complexity index is 2550. The lowest BCUT2D eigenvalue weighted by Crippen LogP contribution is -2.14. The molecular weight excluding hydrogens is 777 g/mol. The van der Waals surface area contributed by atoms with E-state index < -0.39 is 38.0 Å². The van der Waals surface area contributed by atoms with Crippen LogP contribution in [0, 0.1) is 0 Å². The predicted molar refractivity (Wildman–Crippen MR) is 214 cm³/mol. The number of sulfonamides is 2. The minimum atomic E-state index is -3.90. The van der Waals surface area contributed by atoms with Gasteiger partial charge in [0.05, 0.1) is 33.0 Å². The average molecular weight is 813 g/mol. The number of anilines is 2. The van der Waals surface area contributed by atoms with E-state index >= 15 is 0 Å². The first-order chi connectivity index (χ1) is 26.7. The fraction of sp³-hybridized carbons (Fsp3) is 0.0976. The van der Waals surface area contributed by atoms with Gasteiger partial charge >= 0.3 is 17.9 Å². The molecule has 6 rings (SSSR count). The van der Waals surface area contributed by atoms with E-state index in [4.69, 9.17) is 15.3 Å². The highest BCUT2D eigenvalue weighted by atomic mass is 32.2. The quantitative estimate of drug-likeness (QED) is 0.0683. The Hall–Kier alpha value is -6.29. The van der Waals surface area contributed by atoms with Crippen molar-refractivity contribution in [2.45, 2.75) is 34.8 Å². The molecule has 0 saturated heterocycles. The van der Waals surface area contributed by atoms with Crippen LogP contribution in [0.2, 0.25) is 0 Å². The van der Waals surface area contributed by atoms with E-state index in [1.165, 1.54) is 30.3 Å². The number of carboxylic acids is 3. The topological polar surface area (TPSA) is 204 Å². The van der Waals surface area contributed by atoms with Crippen molar-refractivity contribution >= 4 is 60.7 Å². The lowest BCUT2D eigenvalue weighted by molar-refractivity contribution is 0.0686. The Labute approximate surface area is 327 Å². The van der Waals surface area contributed by atoms with Crippen molar-refractivity contribution in [2.24, 2.45) is 0 Å². The van der Waals surface area contributed by atoms with Crippen LogP contribution in [0.4, 0.5) is 11.4 Å². The summed E-state index contributed by atoms with van der Waals surface area (Å²) in [4.78, 5) is 33.1. The van der Waals surface area contributed by atoms with E-state index in [2.05, 4.69) is 9.44 Å². The highest BCUT2D eigenvalue weighted by Gasteiger charge is 2.18. The van der Waals surface area contributed by atoms with Gasteiger partial charge in [0.1, 0.15) is 4.21 Å². The first kappa shape index (κ1) is 40.9. The van der Waals surface area contributed by atoms with Gasteiger partial charge in [-0.3, -0.25) is 9.44 Å². The number of hydrogen-bond donors (Lipinski definition) is 5. The fourth-order valence-corrected chi connectivity index (χ4v) is 8.74. The third kappa shape index (κ3) is 11.1. The van der Waals surface area contributed by atoms with Crippen molar-refractivity contribution in [3.05, 3.63) is 178 Å². The van der Waals surface area contributed by atoms with Crippen LogP contribution in [0.1, 0.15) is 53.3 Å². The Morgan fingerprint density at radius 2 is 0.946 bits per heavy atom. The number of carboxylic acid groups (broad SMARTS) is 3. The number of aromatic carboxylic acids is 3. The molecule has 5 aromatic carbocycles. The molecular formula is C41H36N2O10S3. The first-order valence-electron chi connectivity index (χ1n) is 16.9. The van der Waals surface area contributed by atoms with Crippen molar-refractivity contribution in [3.8, 4) is 0 Å². The van der Waals surface area contributed by atoms with Crippen LogP contribution in [0.15, 0.2) is 148 Å². The third-order valence-electron chi connectivity index (χ3n) is 8.41. The molecule has 15 heteroatoms. The summed E-state index contributed by atoms with van der Waals surface area (Å²) in [6.07, 6.45) is 2.23. The zero-order valence-corrected chi connectivity index (χ0v) is 32.0. The van der Waals surface area contributed by atoms with Gasteiger partial charge in [0.15, 0.2) is 0 Å². The molecule has 6 aromatic rings. The van der Waals surface area contributed by atoms with Gasteiger partial charge in [-0.05, 0) is 120 Å². The first-order valence-corrected chi connectivity index (χ1v) is 20.8. The molecule has 0 radical (unpaired) electrons. The summed E-state index contributed by atoms with van der Waals surface area (Å²) >= 11 is 1.16. The molecule has 0 aliphatic carbocycles. The van der Waals surface area contributed by atoms with E-state index in [1.54, 1.807) is 84.2 Å². The number of para-hydroxylation sites is 2. The second-order valence-electron chi connectivity index (χ2n) is 12.3. The number of aryl methyl sites for hydroxylation is 4. The maximum atomic E-state index is 12.7. The summed E-state index contributed by atoms with van der Waals surface area (Å²) in [6, 6.07) is 35.8. The van der Waals surface area contributed by atoms with Crippen LogP contribution in [0.3, 0.4) is 0 Å². The highest BCUT2D eigenvalue weighted by Crippen LogP contribution is 2.25. The maximum absolute atomic E-state index is 12.7. The van der Waals surface area contributed by atoms with Crippen molar-refractivity contribution in [1.82, 2.24) is 0 Å². The molecule has 0 saturated carbocycles. The zero-order chi connectivity index (χ0) is 40.3. The smallest absolute Gasteiger partial charge is 0.335 e. The SMILES string of the molecule is O=C(O)c1ccc(S(=O)(=O)Nc2ccccc2CCc2cccc(C(=O)O)c2)cc1.O=C(O)c1cccc(CCc2ccccc2NS(=O)(=O)c2cccs2)c1. The van der Waals surface area contributed by atoms with Gasteiger partial charge in [-0.1, -0.05) is 66.7 Å². The predicted octanol–water partition coefficient (Wildman–Crippen LogP) is 7.70. The molecule has 1 aromatic heterocycles. The molecule has 0 amide bonds. The van der Waals surface area contributed by atoms with Gasteiger partial charge < -0.3 is 15.3 Å². The summed E-state index contributed by atoms with van der Waals surface area (Å²) < 4.78 is 55.8.